The molecule has 0 N–H and O–H groups in total. The highest BCUT2D eigenvalue weighted by Gasteiger charge is 2.39. The van der Waals surface area contributed by atoms with E-state index in [4.69, 9.17) is 6.42 Å². The van der Waals surface area contributed by atoms with Gasteiger partial charge in [0.25, 0.3) is 0 Å². The molecule has 2 heteroatoms. The third-order valence-corrected chi connectivity index (χ3v) is 3.21. The van der Waals surface area contributed by atoms with Crippen molar-refractivity contribution >= 4 is 0 Å². The molecule has 0 aromatic heterocycles. The third kappa shape index (κ3) is 3.14. The quantitative estimate of drug-likeness (QED) is 0.572. The Bertz CT molecular complexity index is 252. The van der Waals surface area contributed by atoms with Gasteiger partial charge >= 0.3 is 0 Å². The van der Waals surface area contributed by atoms with E-state index in [-0.39, 0.29) is 5.66 Å². The van der Waals surface area contributed by atoms with E-state index in [1.807, 2.05) is 0 Å². The first-order chi connectivity index (χ1) is 6.54. The van der Waals surface area contributed by atoms with E-state index in [1.165, 1.54) is 12.8 Å². The number of rotatable bonds is 6. The summed E-state index contributed by atoms with van der Waals surface area (Å²) in [7, 11) is 0. The standard InChI is InChI=1S/C12H20N2/c1-5-7-8-12(13-14-12)10-9-11(3,4)6-2/h1H,6-10H2,2-4H3. The van der Waals surface area contributed by atoms with Crippen LogP contribution in [0.25, 0.3) is 0 Å². The van der Waals surface area contributed by atoms with Crippen LogP contribution in [0.5, 0.6) is 0 Å². The average Bonchev–Trinajstić information content (AvgIpc) is 2.93. The molecule has 0 saturated heterocycles. The number of terminal acetylenes is 1. The maximum Gasteiger partial charge on any atom is 0.191 e. The summed E-state index contributed by atoms with van der Waals surface area (Å²) in [6.07, 6.45) is 10.4. The monoisotopic (exact) mass is 192 g/mol. The Labute approximate surface area is 87.2 Å². The molecular weight excluding hydrogens is 172 g/mol. The van der Waals surface area contributed by atoms with Crippen LogP contribution in [0.4, 0.5) is 0 Å². The highest BCUT2D eigenvalue weighted by Crippen LogP contribution is 2.41. The van der Waals surface area contributed by atoms with Crippen LogP contribution >= 0.6 is 0 Å². The fourth-order valence-corrected chi connectivity index (χ4v) is 1.38. The molecule has 0 spiro atoms. The van der Waals surface area contributed by atoms with Gasteiger partial charge in [0.2, 0.25) is 0 Å². The predicted octanol–water partition coefficient (Wildman–Crippen LogP) is 3.78. The molecule has 14 heavy (non-hydrogen) atoms. The van der Waals surface area contributed by atoms with Gasteiger partial charge in [0.1, 0.15) is 0 Å². The Morgan fingerprint density at radius 3 is 2.36 bits per heavy atom. The number of hydrogen-bond acceptors (Lipinski definition) is 2. The van der Waals surface area contributed by atoms with Crippen LogP contribution in [-0.2, 0) is 0 Å². The van der Waals surface area contributed by atoms with E-state index in [0.717, 1.165) is 19.3 Å². The van der Waals surface area contributed by atoms with Crippen LogP contribution in [0.2, 0.25) is 0 Å². The lowest BCUT2D eigenvalue weighted by Gasteiger charge is -2.23. The zero-order valence-corrected chi connectivity index (χ0v) is 9.51. The van der Waals surface area contributed by atoms with Crippen LogP contribution in [0.3, 0.4) is 0 Å². The molecule has 1 heterocycles. The molecule has 1 aliphatic heterocycles. The lowest BCUT2D eigenvalue weighted by atomic mass is 9.82. The summed E-state index contributed by atoms with van der Waals surface area (Å²) < 4.78 is 0. The largest absolute Gasteiger partial charge is 0.191 e. The molecule has 0 saturated carbocycles. The Kier molecular flexibility index (Phi) is 3.31. The van der Waals surface area contributed by atoms with Crippen LogP contribution in [0, 0.1) is 17.8 Å². The second-order valence-corrected chi connectivity index (χ2v) is 4.90. The molecule has 1 rings (SSSR count). The van der Waals surface area contributed by atoms with Gasteiger partial charge < -0.3 is 0 Å². The Morgan fingerprint density at radius 1 is 1.29 bits per heavy atom. The highest BCUT2D eigenvalue weighted by molar-refractivity contribution is 4.98. The predicted molar refractivity (Wildman–Crippen MR) is 59.0 cm³/mol. The first-order valence-electron chi connectivity index (χ1n) is 5.41. The third-order valence-electron chi connectivity index (χ3n) is 3.21. The SMILES string of the molecule is C#CCCC1(CCC(C)(C)CC)N=N1. The first-order valence-corrected chi connectivity index (χ1v) is 5.41. The summed E-state index contributed by atoms with van der Waals surface area (Å²) >= 11 is 0. The van der Waals surface area contributed by atoms with Crippen molar-refractivity contribution in [1.29, 1.82) is 0 Å². The fraction of sp³-hybridized carbons (Fsp3) is 0.833. The molecular formula is C12H20N2. The van der Waals surface area contributed by atoms with Crippen LogP contribution in [0.1, 0.15) is 52.9 Å². The minimum Gasteiger partial charge on any atom is -0.159 e. The van der Waals surface area contributed by atoms with E-state index in [0.29, 0.717) is 5.41 Å². The van der Waals surface area contributed by atoms with Crippen molar-refractivity contribution in [2.45, 2.75) is 58.5 Å². The van der Waals surface area contributed by atoms with E-state index in [9.17, 15) is 0 Å². The van der Waals surface area contributed by atoms with Gasteiger partial charge in [-0.3, -0.25) is 0 Å². The van der Waals surface area contributed by atoms with Crippen molar-refractivity contribution in [3.8, 4) is 12.3 Å². The topological polar surface area (TPSA) is 24.7 Å². The van der Waals surface area contributed by atoms with E-state index in [1.54, 1.807) is 0 Å². The van der Waals surface area contributed by atoms with Crippen LogP contribution in [0.15, 0.2) is 10.2 Å². The van der Waals surface area contributed by atoms with Crippen molar-refractivity contribution in [3.05, 3.63) is 0 Å². The Balaban J connectivity index is 2.28. The smallest absolute Gasteiger partial charge is 0.159 e. The minimum atomic E-state index is -0.0845. The molecule has 0 atom stereocenters. The van der Waals surface area contributed by atoms with E-state index in [2.05, 4.69) is 36.9 Å². The summed E-state index contributed by atoms with van der Waals surface area (Å²) in [6.45, 7) is 6.82. The molecule has 2 nitrogen and oxygen atoms in total. The Morgan fingerprint density at radius 2 is 1.93 bits per heavy atom. The van der Waals surface area contributed by atoms with Gasteiger partial charge in [-0.2, -0.15) is 10.2 Å². The van der Waals surface area contributed by atoms with Gasteiger partial charge in [0, 0.05) is 12.8 Å². The lowest BCUT2D eigenvalue weighted by molar-refractivity contribution is 0.288. The second kappa shape index (κ2) is 4.13. The maximum atomic E-state index is 5.24. The van der Waals surface area contributed by atoms with Gasteiger partial charge in [0.15, 0.2) is 5.66 Å². The normalized spacial score (nSPS) is 17.9. The van der Waals surface area contributed by atoms with Crippen molar-refractivity contribution in [1.82, 2.24) is 0 Å². The molecule has 1 aliphatic rings. The highest BCUT2D eigenvalue weighted by atomic mass is 15.4. The maximum absolute atomic E-state index is 5.24. The van der Waals surface area contributed by atoms with Crippen molar-refractivity contribution in [2.24, 2.45) is 15.6 Å². The Hall–Kier alpha value is -0.840. The summed E-state index contributed by atoms with van der Waals surface area (Å²) in [4.78, 5) is 0. The van der Waals surface area contributed by atoms with Gasteiger partial charge in [-0.15, -0.1) is 12.3 Å². The van der Waals surface area contributed by atoms with Crippen LogP contribution in [-0.4, -0.2) is 5.66 Å². The summed E-state index contributed by atoms with van der Waals surface area (Å²) in [6, 6.07) is 0. The molecule has 0 fully saturated rings. The first kappa shape index (κ1) is 11.2. The average molecular weight is 192 g/mol. The molecule has 0 radical (unpaired) electrons. The zero-order chi connectivity index (χ0) is 10.7. The van der Waals surface area contributed by atoms with Gasteiger partial charge in [-0.25, -0.2) is 0 Å². The van der Waals surface area contributed by atoms with Crippen LogP contribution < -0.4 is 0 Å². The van der Waals surface area contributed by atoms with Crippen molar-refractivity contribution in [2.75, 3.05) is 0 Å². The molecule has 0 amide bonds. The molecule has 0 bridgehead atoms. The molecule has 78 valence electrons. The summed E-state index contributed by atoms with van der Waals surface area (Å²) in [5.74, 6) is 2.65. The molecule has 0 aromatic carbocycles. The molecule has 0 aromatic rings. The van der Waals surface area contributed by atoms with Gasteiger partial charge in [-0.1, -0.05) is 27.2 Å². The number of hydrogen-bond donors (Lipinski definition) is 0. The van der Waals surface area contributed by atoms with E-state index >= 15 is 0 Å². The van der Waals surface area contributed by atoms with Crippen molar-refractivity contribution in [3.63, 3.8) is 0 Å². The van der Waals surface area contributed by atoms with Gasteiger partial charge in [-0.05, 0) is 18.3 Å². The lowest BCUT2D eigenvalue weighted by Crippen LogP contribution is -2.17. The fourth-order valence-electron chi connectivity index (χ4n) is 1.38. The molecule has 0 aliphatic carbocycles. The zero-order valence-electron chi connectivity index (χ0n) is 9.51. The summed E-state index contributed by atoms with van der Waals surface area (Å²) in [5, 5.41) is 8.28. The van der Waals surface area contributed by atoms with Gasteiger partial charge in [0.05, 0.1) is 0 Å². The second-order valence-electron chi connectivity index (χ2n) is 4.90. The van der Waals surface area contributed by atoms with E-state index < -0.39 is 0 Å². The minimum absolute atomic E-state index is 0.0845. The van der Waals surface area contributed by atoms with Crippen molar-refractivity contribution < 1.29 is 0 Å². The summed E-state index contributed by atoms with van der Waals surface area (Å²) in [5.41, 5.74) is 0.329. The molecule has 0 unspecified atom stereocenters. The number of nitrogens with zero attached hydrogens (tertiary/aromatic N) is 2.